The molecule has 0 radical (unpaired) electrons. The second-order valence-electron chi connectivity index (χ2n) is 5.85. The van der Waals surface area contributed by atoms with Gasteiger partial charge in [0, 0.05) is 23.7 Å². The van der Waals surface area contributed by atoms with Gasteiger partial charge < -0.3 is 9.72 Å². The summed E-state index contributed by atoms with van der Waals surface area (Å²) in [5.74, 6) is 0.924. The molecule has 0 amide bonds. The van der Waals surface area contributed by atoms with Gasteiger partial charge >= 0.3 is 0 Å². The molecular formula is C18H21N3O2. The average molecular weight is 311 g/mol. The van der Waals surface area contributed by atoms with Crippen LogP contribution in [0, 0.1) is 5.92 Å². The lowest BCUT2D eigenvalue weighted by Gasteiger charge is -2.18. The van der Waals surface area contributed by atoms with E-state index in [1.807, 2.05) is 12.1 Å². The van der Waals surface area contributed by atoms with E-state index in [2.05, 4.69) is 15.0 Å². The average Bonchev–Trinajstić information content (AvgIpc) is 3.14. The lowest BCUT2D eigenvalue weighted by atomic mass is 9.86. The summed E-state index contributed by atoms with van der Waals surface area (Å²) in [4.78, 5) is 23.7. The summed E-state index contributed by atoms with van der Waals surface area (Å²) in [6.45, 7) is 0. The molecule has 0 atom stereocenters. The van der Waals surface area contributed by atoms with Gasteiger partial charge in [-0.25, -0.2) is 9.97 Å². The van der Waals surface area contributed by atoms with Gasteiger partial charge in [-0.2, -0.15) is 0 Å². The molecule has 1 aliphatic rings. The monoisotopic (exact) mass is 311 g/mol. The fraction of sp³-hybridized carbons (Fsp3) is 0.389. The van der Waals surface area contributed by atoms with Crippen LogP contribution in [-0.4, -0.2) is 27.8 Å². The van der Waals surface area contributed by atoms with Crippen molar-refractivity contribution in [2.75, 3.05) is 7.11 Å². The van der Waals surface area contributed by atoms with Crippen molar-refractivity contribution in [3.05, 3.63) is 36.4 Å². The summed E-state index contributed by atoms with van der Waals surface area (Å²) < 4.78 is 5.19. The van der Waals surface area contributed by atoms with E-state index in [0.29, 0.717) is 5.88 Å². The number of carbonyl (C=O) groups excluding carboxylic acids is 1. The quantitative estimate of drug-likeness (QED) is 0.856. The fourth-order valence-electron chi connectivity index (χ4n) is 3.02. The largest absolute Gasteiger partial charge is 0.481 e. The molecule has 5 nitrogen and oxygen atoms in total. The molecule has 0 aliphatic heterocycles. The number of hydrogen-bond acceptors (Lipinski definition) is 4. The Labute approximate surface area is 135 Å². The second kappa shape index (κ2) is 7.22. The Hall–Kier alpha value is -2.43. The molecule has 2 heterocycles. The van der Waals surface area contributed by atoms with Crippen molar-refractivity contribution >= 4 is 11.9 Å². The minimum atomic E-state index is 0.180. The smallest absolute Gasteiger partial charge is 0.213 e. The Balaban J connectivity index is 1.85. The van der Waals surface area contributed by atoms with E-state index < -0.39 is 0 Å². The van der Waals surface area contributed by atoms with Crippen LogP contribution in [0.4, 0.5) is 0 Å². The summed E-state index contributed by atoms with van der Waals surface area (Å²) in [7, 11) is 1.58. The van der Waals surface area contributed by atoms with E-state index in [-0.39, 0.29) is 11.7 Å². The Morgan fingerprint density at radius 2 is 2.13 bits per heavy atom. The molecule has 3 rings (SSSR count). The zero-order valence-corrected chi connectivity index (χ0v) is 13.3. The van der Waals surface area contributed by atoms with E-state index in [1.165, 1.54) is 6.42 Å². The van der Waals surface area contributed by atoms with Gasteiger partial charge in [0.15, 0.2) is 5.78 Å². The number of ether oxygens (including phenoxy) is 1. The predicted molar refractivity (Wildman–Crippen MR) is 89.0 cm³/mol. The van der Waals surface area contributed by atoms with Gasteiger partial charge in [-0.3, -0.25) is 4.79 Å². The Morgan fingerprint density at radius 1 is 1.30 bits per heavy atom. The van der Waals surface area contributed by atoms with Gasteiger partial charge in [0.2, 0.25) is 5.88 Å². The zero-order valence-electron chi connectivity index (χ0n) is 13.3. The summed E-state index contributed by atoms with van der Waals surface area (Å²) in [5.41, 5.74) is 2.66. The van der Waals surface area contributed by atoms with Crippen LogP contribution < -0.4 is 4.74 Å². The minimum Gasteiger partial charge on any atom is -0.481 e. The van der Waals surface area contributed by atoms with Gasteiger partial charge in [0.25, 0.3) is 0 Å². The molecule has 0 spiro atoms. The summed E-state index contributed by atoms with van der Waals surface area (Å²) in [6, 6.07) is 1.83. The van der Waals surface area contributed by atoms with Crippen molar-refractivity contribution in [1.29, 1.82) is 0 Å². The number of nitrogens with one attached hydrogen (secondary N) is 1. The van der Waals surface area contributed by atoms with Crippen LogP contribution in [-0.2, 0) is 4.79 Å². The molecule has 2 aromatic rings. The maximum Gasteiger partial charge on any atom is 0.213 e. The molecule has 2 aromatic heterocycles. The van der Waals surface area contributed by atoms with Crippen molar-refractivity contribution in [3.63, 3.8) is 0 Å². The molecule has 1 aliphatic carbocycles. The van der Waals surface area contributed by atoms with E-state index in [4.69, 9.17) is 4.74 Å². The number of aromatic nitrogens is 3. The van der Waals surface area contributed by atoms with Crippen molar-refractivity contribution in [2.24, 2.45) is 5.92 Å². The first-order valence-corrected chi connectivity index (χ1v) is 8.02. The topological polar surface area (TPSA) is 67.9 Å². The number of ketones is 1. The molecule has 120 valence electrons. The van der Waals surface area contributed by atoms with E-state index in [1.54, 1.807) is 31.9 Å². The number of aromatic amines is 1. The van der Waals surface area contributed by atoms with Crippen LogP contribution in [0.5, 0.6) is 5.88 Å². The lowest BCUT2D eigenvalue weighted by molar-refractivity contribution is -0.119. The number of pyridine rings is 1. The van der Waals surface area contributed by atoms with E-state index >= 15 is 0 Å². The molecule has 5 heteroatoms. The zero-order chi connectivity index (χ0) is 16.1. The van der Waals surface area contributed by atoms with Crippen LogP contribution in [0.25, 0.3) is 17.3 Å². The maximum absolute atomic E-state index is 12.4. The minimum absolute atomic E-state index is 0.180. The third-order valence-electron chi connectivity index (χ3n) is 4.34. The Kier molecular flexibility index (Phi) is 4.86. The third-order valence-corrected chi connectivity index (χ3v) is 4.34. The highest BCUT2D eigenvalue weighted by molar-refractivity contribution is 5.96. The Morgan fingerprint density at radius 3 is 2.83 bits per heavy atom. The van der Waals surface area contributed by atoms with Gasteiger partial charge in [0.05, 0.1) is 25.3 Å². The maximum atomic E-state index is 12.4. The normalized spacial score (nSPS) is 15.9. The van der Waals surface area contributed by atoms with Crippen LogP contribution in [0.15, 0.2) is 30.9 Å². The van der Waals surface area contributed by atoms with Gasteiger partial charge in [-0.05, 0) is 24.5 Å². The Bertz CT molecular complexity index is 686. The van der Waals surface area contributed by atoms with Gasteiger partial charge in [-0.1, -0.05) is 25.3 Å². The summed E-state index contributed by atoms with van der Waals surface area (Å²) in [5, 5.41) is 0. The number of H-pyrrole nitrogens is 1. The van der Waals surface area contributed by atoms with Crippen LogP contribution in [0.1, 0.15) is 37.7 Å². The van der Waals surface area contributed by atoms with Crippen molar-refractivity contribution < 1.29 is 9.53 Å². The van der Waals surface area contributed by atoms with Crippen molar-refractivity contribution in [1.82, 2.24) is 15.0 Å². The first-order valence-electron chi connectivity index (χ1n) is 8.02. The first kappa shape index (κ1) is 15.5. The standard InChI is InChI=1S/C18H21N3O2/c1-23-18-9-14(15(10-20-18)16-11-19-12-21-16)7-8-17(22)13-5-3-2-4-6-13/h7-13H,2-6H2,1H3,(H,19,21). The predicted octanol–water partition coefficient (Wildman–Crippen LogP) is 3.64. The van der Waals surface area contributed by atoms with Gasteiger partial charge in [-0.15, -0.1) is 0 Å². The number of methoxy groups -OCH3 is 1. The molecular weight excluding hydrogens is 290 g/mol. The van der Waals surface area contributed by atoms with E-state index in [0.717, 1.165) is 42.5 Å². The summed E-state index contributed by atoms with van der Waals surface area (Å²) in [6.07, 6.45) is 14.2. The summed E-state index contributed by atoms with van der Waals surface area (Å²) >= 11 is 0. The molecule has 0 saturated heterocycles. The first-order chi connectivity index (χ1) is 11.3. The van der Waals surface area contributed by atoms with E-state index in [9.17, 15) is 4.79 Å². The number of allylic oxidation sites excluding steroid dienone is 1. The third kappa shape index (κ3) is 3.67. The number of hydrogen-bond donors (Lipinski definition) is 1. The number of carbonyl (C=O) groups is 1. The van der Waals surface area contributed by atoms with Crippen molar-refractivity contribution in [2.45, 2.75) is 32.1 Å². The highest BCUT2D eigenvalue weighted by atomic mass is 16.5. The van der Waals surface area contributed by atoms with Crippen LogP contribution >= 0.6 is 0 Å². The van der Waals surface area contributed by atoms with Gasteiger partial charge in [0.1, 0.15) is 0 Å². The van der Waals surface area contributed by atoms with Crippen LogP contribution in [0.2, 0.25) is 0 Å². The fourth-order valence-corrected chi connectivity index (χ4v) is 3.02. The van der Waals surface area contributed by atoms with Crippen molar-refractivity contribution in [3.8, 4) is 17.1 Å². The second-order valence-corrected chi connectivity index (χ2v) is 5.85. The molecule has 0 bridgehead atoms. The molecule has 1 saturated carbocycles. The van der Waals surface area contributed by atoms with Crippen LogP contribution in [0.3, 0.4) is 0 Å². The SMILES string of the molecule is COc1cc(C=CC(=O)C2CCCCC2)c(-c2cnc[nH]2)cn1. The highest BCUT2D eigenvalue weighted by Crippen LogP contribution is 2.27. The number of nitrogens with zero attached hydrogens (tertiary/aromatic N) is 2. The molecule has 1 N–H and O–H groups in total. The highest BCUT2D eigenvalue weighted by Gasteiger charge is 2.19. The lowest BCUT2D eigenvalue weighted by Crippen LogP contribution is -2.15. The number of rotatable bonds is 5. The molecule has 0 aromatic carbocycles. The number of imidazole rings is 1. The molecule has 1 fully saturated rings. The molecule has 0 unspecified atom stereocenters. The molecule has 23 heavy (non-hydrogen) atoms.